The highest BCUT2D eigenvalue weighted by Gasteiger charge is 2.24. The van der Waals surface area contributed by atoms with E-state index in [9.17, 15) is 9.59 Å². The minimum absolute atomic E-state index is 0.0524. The van der Waals surface area contributed by atoms with E-state index in [1.54, 1.807) is 12.1 Å². The SMILES string of the molecule is Cc1cc(C(=O)N2CCCCC2C)ccc1NC(=O)NCCO. The van der Waals surface area contributed by atoms with Gasteiger partial charge in [0.05, 0.1) is 6.61 Å². The van der Waals surface area contributed by atoms with Crippen LogP contribution >= 0.6 is 0 Å². The summed E-state index contributed by atoms with van der Waals surface area (Å²) in [4.78, 5) is 26.2. The fraction of sp³-hybridized carbons (Fsp3) is 0.529. The number of urea groups is 1. The van der Waals surface area contributed by atoms with E-state index in [1.165, 1.54) is 6.42 Å². The van der Waals surface area contributed by atoms with Crippen LogP contribution in [0.3, 0.4) is 0 Å². The lowest BCUT2D eigenvalue weighted by Gasteiger charge is -2.33. The monoisotopic (exact) mass is 319 g/mol. The van der Waals surface area contributed by atoms with Gasteiger partial charge in [-0.1, -0.05) is 0 Å². The standard InChI is InChI=1S/C17H25N3O3/c1-12-11-14(16(22)20-9-4-3-5-13(20)2)6-7-15(12)19-17(23)18-8-10-21/h6-7,11,13,21H,3-5,8-10H2,1-2H3,(H2,18,19,23). The molecule has 0 aliphatic carbocycles. The molecule has 23 heavy (non-hydrogen) atoms. The number of anilines is 1. The maximum absolute atomic E-state index is 12.6. The zero-order valence-electron chi connectivity index (χ0n) is 13.8. The molecule has 3 amide bonds. The number of carbonyl (C=O) groups is 2. The number of likely N-dealkylation sites (tertiary alicyclic amines) is 1. The van der Waals surface area contributed by atoms with Gasteiger partial charge in [-0.15, -0.1) is 0 Å². The zero-order valence-corrected chi connectivity index (χ0v) is 13.8. The Labute approximate surface area is 136 Å². The normalized spacial score (nSPS) is 17.7. The first-order chi connectivity index (χ1) is 11.0. The summed E-state index contributed by atoms with van der Waals surface area (Å²) in [6, 6.07) is 5.21. The van der Waals surface area contributed by atoms with Crippen molar-refractivity contribution in [3.05, 3.63) is 29.3 Å². The number of carbonyl (C=O) groups excluding carboxylic acids is 2. The number of hydrogen-bond donors (Lipinski definition) is 3. The first kappa shape index (κ1) is 17.3. The Bertz CT molecular complexity index is 574. The Balaban J connectivity index is 2.06. The van der Waals surface area contributed by atoms with Crippen LogP contribution in [0.25, 0.3) is 0 Å². The zero-order chi connectivity index (χ0) is 16.8. The average molecular weight is 319 g/mol. The van der Waals surface area contributed by atoms with E-state index in [4.69, 9.17) is 5.11 Å². The van der Waals surface area contributed by atoms with Crippen molar-refractivity contribution in [3.63, 3.8) is 0 Å². The van der Waals surface area contributed by atoms with Gasteiger partial charge in [0, 0.05) is 30.4 Å². The molecule has 1 aliphatic heterocycles. The Morgan fingerprint density at radius 3 is 2.78 bits per heavy atom. The van der Waals surface area contributed by atoms with Crippen molar-refractivity contribution in [1.82, 2.24) is 10.2 Å². The number of hydrogen-bond acceptors (Lipinski definition) is 3. The predicted octanol–water partition coefficient (Wildman–Crippen LogP) is 2.12. The molecule has 0 spiro atoms. The highest BCUT2D eigenvalue weighted by atomic mass is 16.3. The minimum atomic E-state index is -0.370. The van der Waals surface area contributed by atoms with Crippen molar-refractivity contribution in [2.24, 2.45) is 0 Å². The molecule has 1 heterocycles. The quantitative estimate of drug-likeness (QED) is 0.795. The molecule has 0 saturated carbocycles. The van der Waals surface area contributed by atoms with E-state index >= 15 is 0 Å². The number of amides is 3. The molecule has 1 atom stereocenters. The smallest absolute Gasteiger partial charge is 0.319 e. The summed E-state index contributed by atoms with van der Waals surface area (Å²) in [7, 11) is 0. The number of nitrogens with one attached hydrogen (secondary N) is 2. The lowest BCUT2D eigenvalue weighted by atomic mass is 10.0. The third-order valence-corrected chi connectivity index (χ3v) is 4.18. The summed E-state index contributed by atoms with van der Waals surface area (Å²) in [6.07, 6.45) is 3.28. The van der Waals surface area contributed by atoms with Gasteiger partial charge in [0.1, 0.15) is 0 Å². The maximum atomic E-state index is 12.6. The van der Waals surface area contributed by atoms with Gasteiger partial charge >= 0.3 is 6.03 Å². The summed E-state index contributed by atoms with van der Waals surface area (Å²) >= 11 is 0. The fourth-order valence-electron chi connectivity index (χ4n) is 2.84. The van der Waals surface area contributed by atoms with Crippen molar-refractivity contribution >= 4 is 17.6 Å². The van der Waals surface area contributed by atoms with Crippen molar-refractivity contribution in [3.8, 4) is 0 Å². The molecule has 2 rings (SSSR count). The lowest BCUT2D eigenvalue weighted by molar-refractivity contribution is 0.0635. The number of aryl methyl sites for hydroxylation is 1. The van der Waals surface area contributed by atoms with Crippen LogP contribution in [0.2, 0.25) is 0 Å². The molecule has 1 aromatic carbocycles. The second-order valence-electron chi connectivity index (χ2n) is 5.98. The van der Waals surface area contributed by atoms with E-state index < -0.39 is 0 Å². The molecule has 126 valence electrons. The molecule has 6 nitrogen and oxygen atoms in total. The van der Waals surface area contributed by atoms with Crippen LogP contribution in [-0.4, -0.2) is 47.7 Å². The Morgan fingerprint density at radius 1 is 1.35 bits per heavy atom. The van der Waals surface area contributed by atoms with E-state index in [0.29, 0.717) is 11.3 Å². The first-order valence-corrected chi connectivity index (χ1v) is 8.10. The summed E-state index contributed by atoms with van der Waals surface area (Å²) < 4.78 is 0. The van der Waals surface area contributed by atoms with Crippen molar-refractivity contribution in [2.75, 3.05) is 25.0 Å². The van der Waals surface area contributed by atoms with Gasteiger partial charge in [-0.2, -0.15) is 0 Å². The van der Waals surface area contributed by atoms with Crippen LogP contribution in [0.15, 0.2) is 18.2 Å². The van der Waals surface area contributed by atoms with E-state index in [0.717, 1.165) is 24.9 Å². The molecule has 3 N–H and O–H groups in total. The number of piperidine rings is 1. The van der Waals surface area contributed by atoms with Crippen LogP contribution in [-0.2, 0) is 0 Å². The fourth-order valence-corrected chi connectivity index (χ4v) is 2.84. The van der Waals surface area contributed by atoms with Gasteiger partial charge in [0.15, 0.2) is 0 Å². The van der Waals surface area contributed by atoms with Crippen molar-refractivity contribution in [1.29, 1.82) is 0 Å². The Kier molecular flexibility index (Phi) is 5.98. The molecule has 1 aliphatic rings. The molecular formula is C17H25N3O3. The van der Waals surface area contributed by atoms with Gasteiger partial charge in [-0.25, -0.2) is 4.79 Å². The third kappa shape index (κ3) is 4.45. The van der Waals surface area contributed by atoms with Crippen LogP contribution in [0.5, 0.6) is 0 Å². The molecule has 1 unspecified atom stereocenters. The second-order valence-corrected chi connectivity index (χ2v) is 5.98. The highest BCUT2D eigenvalue weighted by molar-refractivity contribution is 5.96. The number of aliphatic hydroxyl groups is 1. The molecule has 0 aromatic heterocycles. The predicted molar refractivity (Wildman–Crippen MR) is 89.6 cm³/mol. The Hall–Kier alpha value is -2.08. The maximum Gasteiger partial charge on any atom is 0.319 e. The Morgan fingerprint density at radius 2 is 2.13 bits per heavy atom. The number of rotatable bonds is 4. The van der Waals surface area contributed by atoms with Gasteiger partial charge in [0.25, 0.3) is 5.91 Å². The summed E-state index contributed by atoms with van der Waals surface area (Å²) in [6.45, 7) is 4.86. The lowest BCUT2D eigenvalue weighted by Crippen LogP contribution is -2.42. The van der Waals surface area contributed by atoms with E-state index in [-0.39, 0.29) is 31.1 Å². The molecule has 0 radical (unpaired) electrons. The molecule has 6 heteroatoms. The summed E-state index contributed by atoms with van der Waals surface area (Å²) in [5.74, 6) is 0.0524. The van der Waals surface area contributed by atoms with Crippen LogP contribution in [0.4, 0.5) is 10.5 Å². The van der Waals surface area contributed by atoms with E-state index in [2.05, 4.69) is 17.6 Å². The molecule has 1 aromatic rings. The van der Waals surface area contributed by atoms with Crippen molar-refractivity contribution < 1.29 is 14.7 Å². The highest BCUT2D eigenvalue weighted by Crippen LogP contribution is 2.22. The van der Waals surface area contributed by atoms with Gasteiger partial charge in [-0.3, -0.25) is 4.79 Å². The number of benzene rings is 1. The van der Waals surface area contributed by atoms with Crippen molar-refractivity contribution in [2.45, 2.75) is 39.2 Å². The molecule has 0 bridgehead atoms. The van der Waals surface area contributed by atoms with Crippen LogP contribution < -0.4 is 10.6 Å². The summed E-state index contributed by atoms with van der Waals surface area (Å²) in [5.41, 5.74) is 2.14. The average Bonchev–Trinajstić information content (AvgIpc) is 2.54. The molecule has 1 fully saturated rings. The number of aliphatic hydroxyl groups excluding tert-OH is 1. The van der Waals surface area contributed by atoms with E-state index in [1.807, 2.05) is 17.9 Å². The summed E-state index contributed by atoms with van der Waals surface area (Å²) in [5, 5.41) is 13.9. The van der Waals surface area contributed by atoms with Gasteiger partial charge in [-0.05, 0) is 56.9 Å². The first-order valence-electron chi connectivity index (χ1n) is 8.10. The number of nitrogens with zero attached hydrogens (tertiary/aromatic N) is 1. The second kappa shape index (κ2) is 7.97. The minimum Gasteiger partial charge on any atom is -0.395 e. The van der Waals surface area contributed by atoms with Gasteiger partial charge < -0.3 is 20.6 Å². The topological polar surface area (TPSA) is 81.7 Å². The molecule has 1 saturated heterocycles. The van der Waals surface area contributed by atoms with Crippen LogP contribution in [0.1, 0.15) is 42.1 Å². The van der Waals surface area contributed by atoms with Gasteiger partial charge in [0.2, 0.25) is 0 Å². The largest absolute Gasteiger partial charge is 0.395 e. The third-order valence-electron chi connectivity index (χ3n) is 4.18. The molecular weight excluding hydrogens is 294 g/mol. The van der Waals surface area contributed by atoms with Crippen LogP contribution in [0, 0.1) is 6.92 Å².